The third-order valence-corrected chi connectivity index (χ3v) is 2.11. The fourth-order valence-electron chi connectivity index (χ4n) is 1.40. The van der Waals surface area contributed by atoms with Gasteiger partial charge in [0.05, 0.1) is 18.2 Å². The molecule has 0 heterocycles. The number of benzene rings is 1. The van der Waals surface area contributed by atoms with Crippen LogP contribution in [0.2, 0.25) is 0 Å². The molecule has 0 spiro atoms. The molecule has 0 aliphatic carbocycles. The molecule has 2 N–H and O–H groups in total. The van der Waals surface area contributed by atoms with Gasteiger partial charge < -0.3 is 10.6 Å². The fraction of sp³-hybridized carbons (Fsp3) is 0.273. The van der Waals surface area contributed by atoms with Crippen molar-refractivity contribution in [3.63, 3.8) is 0 Å². The Balaban J connectivity index is 3.05. The molecule has 0 atom stereocenters. The summed E-state index contributed by atoms with van der Waals surface area (Å²) in [5, 5.41) is 8.70. The number of nitriles is 1. The molecule has 1 amide bonds. The minimum atomic E-state index is -0.503. The third-order valence-electron chi connectivity index (χ3n) is 2.11. The zero-order valence-electron chi connectivity index (χ0n) is 8.90. The van der Waals surface area contributed by atoms with Crippen molar-refractivity contribution < 1.29 is 9.18 Å². The lowest BCUT2D eigenvalue weighted by atomic mass is 10.2. The highest BCUT2D eigenvalue weighted by atomic mass is 19.1. The quantitative estimate of drug-likeness (QED) is 0.824. The number of nitrogens with two attached hydrogens (primary N) is 1. The van der Waals surface area contributed by atoms with E-state index in [4.69, 9.17) is 11.0 Å². The molecule has 84 valence electrons. The number of hydrogen-bond acceptors (Lipinski definition) is 3. The van der Waals surface area contributed by atoms with Crippen LogP contribution < -0.4 is 10.6 Å². The van der Waals surface area contributed by atoms with Crippen molar-refractivity contribution in [2.24, 2.45) is 5.73 Å². The number of nitrogens with zero attached hydrogens (tertiary/aromatic N) is 2. The average Bonchev–Trinajstić information content (AvgIpc) is 2.24. The summed E-state index contributed by atoms with van der Waals surface area (Å²) in [4.78, 5) is 12.4. The minimum Gasteiger partial charge on any atom is -0.368 e. The van der Waals surface area contributed by atoms with E-state index in [9.17, 15) is 9.18 Å². The smallest absolute Gasteiger partial charge is 0.236 e. The average molecular weight is 221 g/mol. The van der Waals surface area contributed by atoms with Crippen molar-refractivity contribution in [1.29, 1.82) is 5.26 Å². The van der Waals surface area contributed by atoms with Gasteiger partial charge in [-0.1, -0.05) is 0 Å². The van der Waals surface area contributed by atoms with Crippen LogP contribution in [0.3, 0.4) is 0 Å². The van der Waals surface area contributed by atoms with Gasteiger partial charge in [0, 0.05) is 12.2 Å². The Morgan fingerprint density at radius 1 is 1.56 bits per heavy atom. The number of carbonyl (C=O) groups excluding carboxylic acids is 1. The van der Waals surface area contributed by atoms with Crippen molar-refractivity contribution in [2.75, 3.05) is 18.0 Å². The highest BCUT2D eigenvalue weighted by Gasteiger charge is 2.09. The maximum absolute atomic E-state index is 13.2. The Morgan fingerprint density at radius 3 is 2.75 bits per heavy atom. The van der Waals surface area contributed by atoms with E-state index in [2.05, 4.69) is 0 Å². The molecule has 0 radical (unpaired) electrons. The van der Waals surface area contributed by atoms with E-state index in [1.165, 1.54) is 12.1 Å². The highest BCUT2D eigenvalue weighted by molar-refractivity contribution is 5.79. The van der Waals surface area contributed by atoms with Crippen LogP contribution in [-0.4, -0.2) is 19.0 Å². The summed E-state index contributed by atoms with van der Waals surface area (Å²) in [6, 6.07) is 5.79. The molecule has 0 aliphatic rings. The zero-order chi connectivity index (χ0) is 12.1. The Labute approximate surface area is 93.1 Å². The number of amides is 1. The van der Waals surface area contributed by atoms with E-state index < -0.39 is 11.7 Å². The molecule has 1 rings (SSSR count). The van der Waals surface area contributed by atoms with E-state index in [1.54, 1.807) is 4.90 Å². The zero-order valence-corrected chi connectivity index (χ0v) is 8.90. The molecular formula is C11H12FN3O. The first-order chi connectivity index (χ1) is 7.56. The monoisotopic (exact) mass is 221 g/mol. The summed E-state index contributed by atoms with van der Waals surface area (Å²) < 4.78 is 13.2. The molecule has 1 aromatic carbocycles. The largest absolute Gasteiger partial charge is 0.368 e. The van der Waals surface area contributed by atoms with Gasteiger partial charge in [0.2, 0.25) is 5.91 Å². The SMILES string of the molecule is CCN(CC(N)=O)c1cc(F)cc(C#N)c1. The van der Waals surface area contributed by atoms with Gasteiger partial charge in [-0.15, -0.1) is 0 Å². The molecule has 4 nitrogen and oxygen atoms in total. The lowest BCUT2D eigenvalue weighted by molar-refractivity contribution is -0.116. The first-order valence-electron chi connectivity index (χ1n) is 4.80. The molecule has 0 saturated heterocycles. The van der Waals surface area contributed by atoms with Crippen LogP contribution in [0.4, 0.5) is 10.1 Å². The third kappa shape index (κ3) is 2.95. The molecular weight excluding hydrogens is 209 g/mol. The van der Waals surface area contributed by atoms with Crippen LogP contribution in [0, 0.1) is 17.1 Å². The first-order valence-corrected chi connectivity index (χ1v) is 4.80. The van der Waals surface area contributed by atoms with Gasteiger partial charge in [-0.25, -0.2) is 4.39 Å². The second kappa shape index (κ2) is 5.12. The Bertz CT molecular complexity index is 439. The van der Waals surface area contributed by atoms with Crippen LogP contribution in [-0.2, 0) is 4.79 Å². The molecule has 1 aromatic rings. The van der Waals surface area contributed by atoms with Gasteiger partial charge in [-0.3, -0.25) is 4.79 Å². The second-order valence-corrected chi connectivity index (χ2v) is 3.29. The van der Waals surface area contributed by atoms with Gasteiger partial charge in [-0.2, -0.15) is 5.26 Å². The van der Waals surface area contributed by atoms with Crippen LogP contribution in [0.25, 0.3) is 0 Å². The summed E-state index contributed by atoms with van der Waals surface area (Å²) in [5.41, 5.74) is 5.78. The van der Waals surface area contributed by atoms with E-state index in [1.807, 2.05) is 13.0 Å². The molecule has 0 aliphatic heterocycles. The maximum atomic E-state index is 13.2. The molecule has 16 heavy (non-hydrogen) atoms. The number of carbonyl (C=O) groups is 1. The lowest BCUT2D eigenvalue weighted by Gasteiger charge is -2.21. The summed E-state index contributed by atoms with van der Waals surface area (Å²) in [6.45, 7) is 2.34. The van der Waals surface area contributed by atoms with Crippen molar-refractivity contribution in [2.45, 2.75) is 6.92 Å². The number of primary amides is 1. The molecule has 0 unspecified atom stereocenters. The van der Waals surface area contributed by atoms with Crippen LogP contribution in [0.15, 0.2) is 18.2 Å². The van der Waals surface area contributed by atoms with Gasteiger partial charge in [0.15, 0.2) is 0 Å². The van der Waals surface area contributed by atoms with E-state index >= 15 is 0 Å². The number of likely N-dealkylation sites (N-methyl/N-ethyl adjacent to an activating group) is 1. The van der Waals surface area contributed by atoms with Crippen molar-refractivity contribution >= 4 is 11.6 Å². The van der Waals surface area contributed by atoms with Crippen LogP contribution in [0.5, 0.6) is 0 Å². The van der Waals surface area contributed by atoms with E-state index in [-0.39, 0.29) is 12.1 Å². The Morgan fingerprint density at radius 2 is 2.25 bits per heavy atom. The summed E-state index contributed by atoms with van der Waals surface area (Å²) in [7, 11) is 0. The molecule has 0 bridgehead atoms. The summed E-state index contributed by atoms with van der Waals surface area (Å²) >= 11 is 0. The predicted molar refractivity (Wildman–Crippen MR) is 58.2 cm³/mol. The standard InChI is InChI=1S/C11H12FN3O/c1-2-15(7-11(14)16)10-4-8(6-13)3-9(12)5-10/h3-5H,2,7H2,1H3,(H2,14,16). The number of anilines is 1. The van der Waals surface area contributed by atoms with E-state index in [0.29, 0.717) is 12.2 Å². The number of hydrogen-bond donors (Lipinski definition) is 1. The maximum Gasteiger partial charge on any atom is 0.236 e. The van der Waals surface area contributed by atoms with Gasteiger partial charge >= 0.3 is 0 Å². The lowest BCUT2D eigenvalue weighted by Crippen LogP contribution is -2.33. The molecule has 5 heteroatoms. The van der Waals surface area contributed by atoms with E-state index in [0.717, 1.165) is 6.07 Å². The first kappa shape index (κ1) is 12.0. The van der Waals surface area contributed by atoms with Crippen molar-refractivity contribution in [3.05, 3.63) is 29.6 Å². The molecule has 0 fully saturated rings. The topological polar surface area (TPSA) is 70.1 Å². The normalized spacial score (nSPS) is 9.56. The van der Waals surface area contributed by atoms with Gasteiger partial charge in [0.1, 0.15) is 5.82 Å². The van der Waals surface area contributed by atoms with Crippen molar-refractivity contribution in [1.82, 2.24) is 0 Å². The predicted octanol–water partition coefficient (Wildman–Crippen LogP) is 1.01. The second-order valence-electron chi connectivity index (χ2n) is 3.29. The molecule has 0 saturated carbocycles. The van der Waals surface area contributed by atoms with Crippen molar-refractivity contribution in [3.8, 4) is 6.07 Å². The van der Waals surface area contributed by atoms with Crippen LogP contribution >= 0.6 is 0 Å². The highest BCUT2D eigenvalue weighted by Crippen LogP contribution is 2.17. The Hall–Kier alpha value is -2.09. The number of halogens is 1. The number of rotatable bonds is 4. The summed E-state index contributed by atoms with van der Waals surface area (Å²) in [6.07, 6.45) is 0. The minimum absolute atomic E-state index is 0.00478. The fourth-order valence-corrected chi connectivity index (χ4v) is 1.40. The Kier molecular flexibility index (Phi) is 3.84. The van der Waals surface area contributed by atoms with Gasteiger partial charge in [0.25, 0.3) is 0 Å². The van der Waals surface area contributed by atoms with Gasteiger partial charge in [-0.05, 0) is 25.1 Å². The van der Waals surface area contributed by atoms with Crippen LogP contribution in [0.1, 0.15) is 12.5 Å². The molecule has 0 aromatic heterocycles. The summed E-state index contributed by atoms with van der Waals surface area (Å²) in [5.74, 6) is -0.999.